The molecule has 1 N–H and O–H groups in total. The van der Waals surface area contributed by atoms with Crippen LogP contribution in [0, 0.1) is 6.92 Å². The minimum atomic E-state index is 0.741. The van der Waals surface area contributed by atoms with Crippen LogP contribution < -0.4 is 5.32 Å². The van der Waals surface area contributed by atoms with Gasteiger partial charge >= 0.3 is 0 Å². The molecule has 0 fully saturated rings. The minimum absolute atomic E-state index is 0.741. The van der Waals surface area contributed by atoms with E-state index < -0.39 is 0 Å². The summed E-state index contributed by atoms with van der Waals surface area (Å²) in [4.78, 5) is 0. The Morgan fingerprint density at radius 3 is 2.68 bits per heavy atom. The lowest BCUT2D eigenvalue weighted by Crippen LogP contribution is -2.21. The van der Waals surface area contributed by atoms with Crippen molar-refractivity contribution in [2.75, 3.05) is 26.8 Å². The van der Waals surface area contributed by atoms with Crippen molar-refractivity contribution >= 4 is 11.3 Å². The van der Waals surface area contributed by atoms with Crippen LogP contribution in [-0.4, -0.2) is 37.0 Å². The molecule has 102 valence electrons. The predicted molar refractivity (Wildman–Crippen MR) is 78.5 cm³/mol. The first-order chi connectivity index (χ1) is 9.29. The summed E-state index contributed by atoms with van der Waals surface area (Å²) in [6.07, 6.45) is 0.910. The monoisotopic (exact) mass is 277 g/mol. The largest absolute Gasteiger partial charge is 0.383 e. The maximum absolute atomic E-state index is 4.98. The lowest BCUT2D eigenvalue weighted by molar-refractivity contribution is 0.199. The number of aromatic nitrogens is 2. The number of hydrogen-bond donors (Lipinski definition) is 1. The molecule has 0 aliphatic rings. The molecule has 1 heterocycles. The van der Waals surface area contributed by atoms with Crippen molar-refractivity contribution in [3.8, 4) is 10.6 Å². The van der Waals surface area contributed by atoms with E-state index in [1.165, 1.54) is 5.56 Å². The lowest BCUT2D eigenvalue weighted by atomic mass is 10.2. The minimum Gasteiger partial charge on any atom is -0.383 e. The third-order valence-electron chi connectivity index (χ3n) is 2.76. The SMILES string of the molecule is COCCNCCc1nnc(-c2ccc(C)cc2)s1. The number of rotatable bonds is 7. The summed E-state index contributed by atoms with van der Waals surface area (Å²) in [6, 6.07) is 8.39. The number of methoxy groups -OCH3 is 1. The zero-order chi connectivity index (χ0) is 13.5. The normalized spacial score (nSPS) is 10.8. The maximum atomic E-state index is 4.98. The van der Waals surface area contributed by atoms with Crippen molar-refractivity contribution in [3.63, 3.8) is 0 Å². The van der Waals surface area contributed by atoms with Crippen LogP contribution in [0.2, 0.25) is 0 Å². The molecule has 2 aromatic rings. The van der Waals surface area contributed by atoms with Crippen molar-refractivity contribution in [2.24, 2.45) is 0 Å². The average molecular weight is 277 g/mol. The molecular weight excluding hydrogens is 258 g/mol. The molecule has 0 spiro atoms. The van der Waals surface area contributed by atoms with Gasteiger partial charge in [0.1, 0.15) is 10.0 Å². The van der Waals surface area contributed by atoms with Crippen LogP contribution in [0.3, 0.4) is 0 Å². The highest BCUT2D eigenvalue weighted by atomic mass is 32.1. The van der Waals surface area contributed by atoms with Crippen LogP contribution in [0.5, 0.6) is 0 Å². The van der Waals surface area contributed by atoms with Crippen LogP contribution in [0.25, 0.3) is 10.6 Å². The van der Waals surface area contributed by atoms with Gasteiger partial charge in [-0.2, -0.15) is 0 Å². The molecule has 0 unspecified atom stereocenters. The van der Waals surface area contributed by atoms with Crippen molar-refractivity contribution < 1.29 is 4.74 Å². The lowest BCUT2D eigenvalue weighted by Gasteiger charge is -2.00. The van der Waals surface area contributed by atoms with Gasteiger partial charge in [0.2, 0.25) is 0 Å². The molecule has 0 saturated carbocycles. The van der Waals surface area contributed by atoms with E-state index in [2.05, 4.69) is 46.7 Å². The fraction of sp³-hybridized carbons (Fsp3) is 0.429. The fourth-order valence-electron chi connectivity index (χ4n) is 1.66. The van der Waals surface area contributed by atoms with Crippen molar-refractivity contribution in [3.05, 3.63) is 34.8 Å². The molecule has 4 nitrogen and oxygen atoms in total. The van der Waals surface area contributed by atoms with E-state index in [9.17, 15) is 0 Å². The first-order valence-corrected chi connectivity index (χ1v) is 7.20. The maximum Gasteiger partial charge on any atom is 0.147 e. The highest BCUT2D eigenvalue weighted by Gasteiger charge is 2.06. The molecular formula is C14H19N3OS. The first-order valence-electron chi connectivity index (χ1n) is 6.38. The number of nitrogens with one attached hydrogen (secondary N) is 1. The predicted octanol–water partition coefficient (Wildman–Crippen LogP) is 2.29. The molecule has 0 atom stereocenters. The van der Waals surface area contributed by atoms with E-state index in [4.69, 9.17) is 4.74 Å². The fourth-order valence-corrected chi connectivity index (χ4v) is 2.51. The first kappa shape index (κ1) is 14.1. The molecule has 2 rings (SSSR count). The van der Waals surface area contributed by atoms with Crippen LogP contribution in [0.1, 0.15) is 10.6 Å². The zero-order valence-electron chi connectivity index (χ0n) is 11.3. The molecule has 1 aromatic heterocycles. The zero-order valence-corrected chi connectivity index (χ0v) is 12.2. The van der Waals surface area contributed by atoms with E-state index >= 15 is 0 Å². The molecule has 5 heteroatoms. The van der Waals surface area contributed by atoms with Gasteiger partial charge in [0.25, 0.3) is 0 Å². The smallest absolute Gasteiger partial charge is 0.147 e. The summed E-state index contributed by atoms with van der Waals surface area (Å²) in [7, 11) is 1.71. The molecule has 0 aliphatic carbocycles. The van der Waals surface area contributed by atoms with Gasteiger partial charge in [-0.1, -0.05) is 41.2 Å². The molecule has 0 aliphatic heterocycles. The average Bonchev–Trinajstić information content (AvgIpc) is 2.88. The molecule has 0 bridgehead atoms. The second-order valence-electron chi connectivity index (χ2n) is 4.36. The van der Waals surface area contributed by atoms with E-state index in [0.717, 1.165) is 41.7 Å². The van der Waals surface area contributed by atoms with E-state index in [1.807, 2.05) is 0 Å². The summed E-state index contributed by atoms with van der Waals surface area (Å²) < 4.78 is 4.98. The van der Waals surface area contributed by atoms with Crippen LogP contribution >= 0.6 is 11.3 Å². The summed E-state index contributed by atoms with van der Waals surface area (Å²) in [5.74, 6) is 0. The van der Waals surface area contributed by atoms with E-state index in [-0.39, 0.29) is 0 Å². The standard InChI is InChI=1S/C14H19N3OS/c1-11-3-5-12(6-4-11)14-17-16-13(19-14)7-8-15-9-10-18-2/h3-6,15H,7-10H2,1-2H3. The Morgan fingerprint density at radius 2 is 1.95 bits per heavy atom. The highest BCUT2D eigenvalue weighted by molar-refractivity contribution is 7.14. The molecule has 0 amide bonds. The van der Waals surface area contributed by atoms with E-state index in [0.29, 0.717) is 0 Å². The third kappa shape index (κ3) is 4.38. The van der Waals surface area contributed by atoms with Gasteiger partial charge in [-0.25, -0.2) is 0 Å². The Morgan fingerprint density at radius 1 is 1.16 bits per heavy atom. The Hall–Kier alpha value is -1.30. The Bertz CT molecular complexity index is 496. The molecule has 1 aromatic carbocycles. The Balaban J connectivity index is 1.86. The second-order valence-corrected chi connectivity index (χ2v) is 5.42. The van der Waals surface area contributed by atoms with Gasteiger partial charge in [0, 0.05) is 32.2 Å². The van der Waals surface area contributed by atoms with Crippen molar-refractivity contribution in [2.45, 2.75) is 13.3 Å². The van der Waals surface area contributed by atoms with Gasteiger partial charge in [-0.3, -0.25) is 0 Å². The molecule has 19 heavy (non-hydrogen) atoms. The topological polar surface area (TPSA) is 47.0 Å². The summed E-state index contributed by atoms with van der Waals surface area (Å²) in [5.41, 5.74) is 2.40. The van der Waals surface area contributed by atoms with Crippen LogP contribution in [0.4, 0.5) is 0 Å². The van der Waals surface area contributed by atoms with Crippen molar-refractivity contribution in [1.82, 2.24) is 15.5 Å². The van der Waals surface area contributed by atoms with Crippen LogP contribution in [0.15, 0.2) is 24.3 Å². The molecule has 0 radical (unpaired) electrons. The Kier molecular flexibility index (Phi) is 5.44. The van der Waals surface area contributed by atoms with E-state index in [1.54, 1.807) is 18.4 Å². The van der Waals surface area contributed by atoms with Gasteiger partial charge in [0.05, 0.1) is 6.61 Å². The highest BCUT2D eigenvalue weighted by Crippen LogP contribution is 2.23. The summed E-state index contributed by atoms with van der Waals surface area (Å²) in [6.45, 7) is 4.61. The number of nitrogens with zero attached hydrogens (tertiary/aromatic N) is 2. The van der Waals surface area contributed by atoms with Gasteiger partial charge in [0.15, 0.2) is 0 Å². The summed E-state index contributed by atoms with van der Waals surface area (Å²) >= 11 is 1.66. The Labute approximate surface area is 117 Å². The number of benzene rings is 1. The van der Waals surface area contributed by atoms with Gasteiger partial charge in [-0.15, -0.1) is 10.2 Å². The third-order valence-corrected chi connectivity index (χ3v) is 3.80. The van der Waals surface area contributed by atoms with Gasteiger partial charge in [-0.05, 0) is 6.92 Å². The second kappa shape index (κ2) is 7.33. The van der Waals surface area contributed by atoms with Crippen LogP contribution in [-0.2, 0) is 11.2 Å². The number of hydrogen-bond acceptors (Lipinski definition) is 5. The quantitative estimate of drug-likeness (QED) is 0.789. The number of aryl methyl sites for hydroxylation is 1. The van der Waals surface area contributed by atoms with Crippen molar-refractivity contribution in [1.29, 1.82) is 0 Å². The molecule has 0 saturated heterocycles. The van der Waals surface area contributed by atoms with Gasteiger partial charge < -0.3 is 10.1 Å². The number of ether oxygens (including phenoxy) is 1. The summed E-state index contributed by atoms with van der Waals surface area (Å²) in [5, 5.41) is 13.8.